The van der Waals surface area contributed by atoms with E-state index < -0.39 is 0 Å². The average Bonchev–Trinajstić information content (AvgIpc) is 3.42. The van der Waals surface area contributed by atoms with Crippen LogP contribution in [0.2, 0.25) is 0 Å². The highest BCUT2D eigenvalue weighted by atomic mass is 32.1. The number of hydrogen-bond donors (Lipinski definition) is 2. The van der Waals surface area contributed by atoms with Crippen molar-refractivity contribution in [3.8, 4) is 22.1 Å². The van der Waals surface area contributed by atoms with Crippen molar-refractivity contribution in [3.63, 3.8) is 0 Å². The molecule has 0 saturated heterocycles. The SMILES string of the molecule is COc1ccc(-c2cc(N)n(-c3nc(C(=O)NC4CCCC4)cs3)n2)cc1. The number of hydrogen-bond acceptors (Lipinski definition) is 6. The van der Waals surface area contributed by atoms with E-state index in [0.29, 0.717) is 16.6 Å². The zero-order chi connectivity index (χ0) is 18.8. The third-order valence-electron chi connectivity index (χ3n) is 4.72. The monoisotopic (exact) mass is 383 g/mol. The molecule has 0 unspecified atom stereocenters. The molecule has 1 aromatic carbocycles. The maximum absolute atomic E-state index is 12.4. The summed E-state index contributed by atoms with van der Waals surface area (Å²) in [6.45, 7) is 0. The molecular weight excluding hydrogens is 362 g/mol. The van der Waals surface area contributed by atoms with Crippen molar-refractivity contribution in [2.45, 2.75) is 31.7 Å². The zero-order valence-electron chi connectivity index (χ0n) is 15.0. The van der Waals surface area contributed by atoms with Crippen molar-refractivity contribution in [2.24, 2.45) is 0 Å². The first-order valence-electron chi connectivity index (χ1n) is 8.91. The minimum absolute atomic E-state index is 0.134. The van der Waals surface area contributed by atoms with Gasteiger partial charge in [0, 0.05) is 23.1 Å². The average molecular weight is 383 g/mol. The Balaban J connectivity index is 1.54. The maximum atomic E-state index is 12.4. The lowest BCUT2D eigenvalue weighted by atomic mass is 10.1. The summed E-state index contributed by atoms with van der Waals surface area (Å²) in [5, 5.41) is 9.91. The van der Waals surface area contributed by atoms with Gasteiger partial charge in [0.25, 0.3) is 5.91 Å². The predicted molar refractivity (Wildman–Crippen MR) is 105 cm³/mol. The van der Waals surface area contributed by atoms with Gasteiger partial charge in [-0.25, -0.2) is 4.98 Å². The Morgan fingerprint density at radius 3 is 2.74 bits per heavy atom. The van der Waals surface area contributed by atoms with Crippen LogP contribution in [0.1, 0.15) is 36.2 Å². The van der Waals surface area contributed by atoms with E-state index in [1.165, 1.54) is 24.2 Å². The summed E-state index contributed by atoms with van der Waals surface area (Å²) in [6.07, 6.45) is 4.43. The number of ether oxygens (including phenoxy) is 1. The number of carbonyl (C=O) groups is 1. The number of carbonyl (C=O) groups excluding carboxylic acids is 1. The number of amides is 1. The first-order valence-corrected chi connectivity index (χ1v) is 9.79. The molecule has 0 radical (unpaired) electrons. The van der Waals surface area contributed by atoms with Gasteiger partial charge >= 0.3 is 0 Å². The Hall–Kier alpha value is -2.87. The van der Waals surface area contributed by atoms with E-state index in [1.807, 2.05) is 24.3 Å². The number of nitrogen functional groups attached to an aromatic ring is 1. The number of nitrogens with two attached hydrogens (primary N) is 1. The van der Waals surface area contributed by atoms with Crippen LogP contribution in [0.5, 0.6) is 5.75 Å². The molecule has 2 aromatic heterocycles. The third-order valence-corrected chi connectivity index (χ3v) is 5.54. The highest BCUT2D eigenvalue weighted by molar-refractivity contribution is 7.12. The number of nitrogens with one attached hydrogen (secondary N) is 1. The Morgan fingerprint density at radius 2 is 2.04 bits per heavy atom. The standard InChI is InChI=1S/C19H21N5O2S/c1-26-14-8-6-12(7-9-14)15-10-17(20)24(23-15)19-22-16(11-27-19)18(25)21-13-4-2-3-5-13/h6-11,13H,2-5,20H2,1H3,(H,21,25). The van der Waals surface area contributed by atoms with Crippen molar-refractivity contribution in [1.82, 2.24) is 20.1 Å². The molecule has 1 fully saturated rings. The molecule has 2 heterocycles. The van der Waals surface area contributed by atoms with Gasteiger partial charge in [-0.15, -0.1) is 11.3 Å². The van der Waals surface area contributed by atoms with Gasteiger partial charge in [0.15, 0.2) is 0 Å². The van der Waals surface area contributed by atoms with Crippen molar-refractivity contribution in [1.29, 1.82) is 0 Å². The van der Waals surface area contributed by atoms with E-state index in [9.17, 15) is 4.79 Å². The Labute approximate surface area is 161 Å². The van der Waals surface area contributed by atoms with Gasteiger partial charge in [-0.05, 0) is 37.1 Å². The summed E-state index contributed by atoms with van der Waals surface area (Å²) in [4.78, 5) is 16.8. The molecule has 0 aliphatic heterocycles. The smallest absolute Gasteiger partial charge is 0.271 e. The molecule has 3 N–H and O–H groups in total. The van der Waals surface area contributed by atoms with Crippen molar-refractivity contribution in [3.05, 3.63) is 41.4 Å². The second-order valence-electron chi connectivity index (χ2n) is 6.56. The van der Waals surface area contributed by atoms with Gasteiger partial charge in [-0.1, -0.05) is 12.8 Å². The molecule has 8 heteroatoms. The van der Waals surface area contributed by atoms with Crippen LogP contribution in [-0.4, -0.2) is 33.8 Å². The number of aromatic nitrogens is 3. The predicted octanol–water partition coefficient (Wildman–Crippen LogP) is 3.26. The van der Waals surface area contributed by atoms with Gasteiger partial charge in [0.2, 0.25) is 5.13 Å². The number of thiazole rings is 1. The van der Waals surface area contributed by atoms with Crippen LogP contribution in [0, 0.1) is 0 Å². The lowest BCUT2D eigenvalue weighted by Gasteiger charge is -2.09. The molecule has 1 saturated carbocycles. The molecule has 1 aliphatic carbocycles. The normalized spacial score (nSPS) is 14.4. The number of rotatable bonds is 5. The van der Waals surface area contributed by atoms with Crippen LogP contribution in [0.3, 0.4) is 0 Å². The fourth-order valence-electron chi connectivity index (χ4n) is 3.25. The first kappa shape index (κ1) is 17.5. The summed E-state index contributed by atoms with van der Waals surface area (Å²) in [7, 11) is 1.63. The molecule has 1 amide bonds. The minimum atomic E-state index is -0.134. The Bertz CT molecular complexity index is 941. The van der Waals surface area contributed by atoms with Crippen molar-refractivity contribution < 1.29 is 9.53 Å². The lowest BCUT2D eigenvalue weighted by Crippen LogP contribution is -2.32. The van der Waals surface area contributed by atoms with Gasteiger partial charge in [-0.2, -0.15) is 9.78 Å². The number of benzene rings is 1. The highest BCUT2D eigenvalue weighted by Crippen LogP contribution is 2.26. The zero-order valence-corrected chi connectivity index (χ0v) is 15.8. The molecule has 0 spiro atoms. The van der Waals surface area contributed by atoms with Crippen LogP contribution < -0.4 is 15.8 Å². The molecule has 0 atom stereocenters. The summed E-state index contributed by atoms with van der Waals surface area (Å²) in [5.74, 6) is 1.12. The van der Waals surface area contributed by atoms with Gasteiger partial charge in [-0.3, -0.25) is 4.79 Å². The van der Waals surface area contributed by atoms with Gasteiger partial charge in [0.05, 0.1) is 12.8 Å². The molecule has 7 nitrogen and oxygen atoms in total. The summed E-state index contributed by atoms with van der Waals surface area (Å²) in [6, 6.07) is 9.65. The van der Waals surface area contributed by atoms with E-state index in [1.54, 1.807) is 23.2 Å². The fraction of sp³-hybridized carbons (Fsp3) is 0.316. The highest BCUT2D eigenvalue weighted by Gasteiger charge is 2.20. The number of methoxy groups -OCH3 is 1. The topological polar surface area (TPSA) is 95.1 Å². The summed E-state index contributed by atoms with van der Waals surface area (Å²) < 4.78 is 6.75. The van der Waals surface area contributed by atoms with E-state index in [-0.39, 0.29) is 11.9 Å². The Morgan fingerprint density at radius 1 is 1.30 bits per heavy atom. The molecule has 1 aliphatic rings. The van der Waals surface area contributed by atoms with Crippen LogP contribution in [-0.2, 0) is 0 Å². The second kappa shape index (κ2) is 7.40. The van der Waals surface area contributed by atoms with Crippen LogP contribution in [0.4, 0.5) is 5.82 Å². The number of nitrogens with zero attached hydrogens (tertiary/aromatic N) is 3. The fourth-order valence-corrected chi connectivity index (χ4v) is 4.02. The third kappa shape index (κ3) is 3.66. The summed E-state index contributed by atoms with van der Waals surface area (Å²) in [5.41, 5.74) is 8.20. The molecule has 0 bridgehead atoms. The molecule has 3 aromatic rings. The van der Waals surface area contributed by atoms with Crippen LogP contribution in [0.25, 0.3) is 16.4 Å². The van der Waals surface area contributed by atoms with Crippen molar-refractivity contribution in [2.75, 3.05) is 12.8 Å². The molecule has 27 heavy (non-hydrogen) atoms. The first-order chi connectivity index (χ1) is 13.1. The maximum Gasteiger partial charge on any atom is 0.271 e. The van der Waals surface area contributed by atoms with E-state index >= 15 is 0 Å². The minimum Gasteiger partial charge on any atom is -0.497 e. The van der Waals surface area contributed by atoms with E-state index in [2.05, 4.69) is 15.4 Å². The van der Waals surface area contributed by atoms with E-state index in [4.69, 9.17) is 10.5 Å². The molecule has 140 valence electrons. The molecular formula is C19H21N5O2S. The Kier molecular flexibility index (Phi) is 4.81. The number of anilines is 1. The van der Waals surface area contributed by atoms with Crippen molar-refractivity contribution >= 4 is 23.1 Å². The second-order valence-corrected chi connectivity index (χ2v) is 7.40. The largest absolute Gasteiger partial charge is 0.497 e. The van der Waals surface area contributed by atoms with Crippen LogP contribution in [0.15, 0.2) is 35.7 Å². The lowest BCUT2D eigenvalue weighted by molar-refractivity contribution is 0.0933. The molecule has 4 rings (SSSR count). The van der Waals surface area contributed by atoms with Gasteiger partial charge < -0.3 is 15.8 Å². The van der Waals surface area contributed by atoms with Crippen LogP contribution >= 0.6 is 11.3 Å². The summed E-state index contributed by atoms with van der Waals surface area (Å²) >= 11 is 1.35. The van der Waals surface area contributed by atoms with Gasteiger partial charge in [0.1, 0.15) is 17.3 Å². The van der Waals surface area contributed by atoms with E-state index in [0.717, 1.165) is 29.8 Å². The quantitative estimate of drug-likeness (QED) is 0.705.